The molecule has 0 radical (unpaired) electrons. The van der Waals surface area contributed by atoms with Gasteiger partial charge in [-0.1, -0.05) is 23.7 Å². The predicted octanol–water partition coefficient (Wildman–Crippen LogP) is 1.31. The van der Waals surface area contributed by atoms with E-state index in [4.69, 9.17) is 17.3 Å². The largest absolute Gasteiger partial charge is 0.329 e. The van der Waals surface area contributed by atoms with Gasteiger partial charge in [-0.3, -0.25) is 0 Å². The molecule has 0 aromatic heterocycles. The molecule has 0 aliphatic rings. The van der Waals surface area contributed by atoms with Gasteiger partial charge in [-0.25, -0.2) is 8.42 Å². The van der Waals surface area contributed by atoms with E-state index < -0.39 is 10.0 Å². The fourth-order valence-electron chi connectivity index (χ4n) is 1.19. The Labute approximate surface area is 101 Å². The summed E-state index contributed by atoms with van der Waals surface area (Å²) < 4.78 is 25.5. The highest BCUT2D eigenvalue weighted by atomic mass is 35.5. The summed E-state index contributed by atoms with van der Waals surface area (Å²) in [4.78, 5) is 0.111. The molecule has 1 aromatic rings. The Morgan fingerprint density at radius 1 is 1.44 bits per heavy atom. The highest BCUT2D eigenvalue weighted by Gasteiger charge is 2.26. The first-order valence-corrected chi connectivity index (χ1v) is 6.65. The van der Waals surface area contributed by atoms with Crippen LogP contribution in [0.4, 0.5) is 0 Å². The lowest BCUT2D eigenvalue weighted by atomic mass is 10.4. The fraction of sp³-hybridized carbons (Fsp3) is 0.400. The zero-order valence-electron chi connectivity index (χ0n) is 9.22. The molecule has 0 fully saturated rings. The number of sulfonamides is 1. The lowest BCUT2D eigenvalue weighted by molar-refractivity contribution is 0.394. The van der Waals surface area contributed by atoms with E-state index >= 15 is 0 Å². The van der Waals surface area contributed by atoms with Crippen LogP contribution in [0.15, 0.2) is 29.2 Å². The molecule has 1 unspecified atom stereocenters. The number of hydrogen-bond acceptors (Lipinski definition) is 3. The van der Waals surface area contributed by atoms with Gasteiger partial charge in [-0.2, -0.15) is 4.31 Å². The molecule has 16 heavy (non-hydrogen) atoms. The van der Waals surface area contributed by atoms with E-state index in [1.807, 2.05) is 0 Å². The van der Waals surface area contributed by atoms with Crippen LogP contribution in [-0.2, 0) is 10.0 Å². The molecular weight excluding hydrogens is 248 g/mol. The molecule has 1 atom stereocenters. The van der Waals surface area contributed by atoms with Crippen molar-refractivity contribution < 1.29 is 8.42 Å². The number of halogens is 1. The molecule has 0 heterocycles. The molecule has 1 aromatic carbocycles. The summed E-state index contributed by atoms with van der Waals surface area (Å²) in [6.45, 7) is 2.01. The summed E-state index contributed by atoms with van der Waals surface area (Å²) in [5.41, 5.74) is 5.45. The van der Waals surface area contributed by atoms with Gasteiger partial charge < -0.3 is 5.73 Å². The van der Waals surface area contributed by atoms with E-state index in [2.05, 4.69) is 0 Å². The van der Waals surface area contributed by atoms with Gasteiger partial charge in [0, 0.05) is 19.6 Å². The minimum absolute atomic E-state index is 0.111. The number of nitrogens with zero attached hydrogens (tertiary/aromatic N) is 1. The van der Waals surface area contributed by atoms with Crippen LogP contribution in [0, 0.1) is 0 Å². The average molecular weight is 263 g/mol. The molecule has 0 aliphatic heterocycles. The van der Waals surface area contributed by atoms with Crippen molar-refractivity contribution in [2.45, 2.75) is 17.9 Å². The molecule has 0 saturated carbocycles. The smallest absolute Gasteiger partial charge is 0.244 e. The third-order valence-corrected chi connectivity index (χ3v) is 4.93. The van der Waals surface area contributed by atoms with Crippen molar-refractivity contribution >= 4 is 21.6 Å². The van der Waals surface area contributed by atoms with Crippen LogP contribution in [0.25, 0.3) is 0 Å². The van der Waals surface area contributed by atoms with Crippen LogP contribution < -0.4 is 5.73 Å². The molecule has 0 spiro atoms. The third kappa shape index (κ3) is 2.55. The lowest BCUT2D eigenvalue weighted by Gasteiger charge is -2.23. The van der Waals surface area contributed by atoms with Gasteiger partial charge in [-0.15, -0.1) is 0 Å². The van der Waals surface area contributed by atoms with Gasteiger partial charge in [-0.05, 0) is 19.1 Å². The Kier molecular flexibility index (Phi) is 4.32. The maximum atomic E-state index is 12.1. The minimum Gasteiger partial charge on any atom is -0.329 e. The standard InChI is InChI=1S/C10H15ClN2O2S/c1-8(7-12)13(2)16(14,15)10-6-4-3-5-9(10)11/h3-6,8H,7,12H2,1-2H3. The van der Waals surface area contributed by atoms with E-state index in [0.29, 0.717) is 0 Å². The first-order valence-electron chi connectivity index (χ1n) is 4.84. The highest BCUT2D eigenvalue weighted by Crippen LogP contribution is 2.24. The van der Waals surface area contributed by atoms with Gasteiger partial charge >= 0.3 is 0 Å². The summed E-state index contributed by atoms with van der Waals surface area (Å²) in [6, 6.07) is 6.10. The molecule has 6 heteroatoms. The summed E-state index contributed by atoms with van der Waals surface area (Å²) in [6.07, 6.45) is 0. The van der Waals surface area contributed by atoms with E-state index in [9.17, 15) is 8.42 Å². The van der Waals surface area contributed by atoms with Gasteiger partial charge in [0.1, 0.15) is 4.90 Å². The van der Waals surface area contributed by atoms with E-state index in [1.54, 1.807) is 25.1 Å². The van der Waals surface area contributed by atoms with Crippen LogP contribution in [0.3, 0.4) is 0 Å². The average Bonchev–Trinajstić information content (AvgIpc) is 2.27. The monoisotopic (exact) mass is 262 g/mol. The van der Waals surface area contributed by atoms with Crippen molar-refractivity contribution in [2.75, 3.05) is 13.6 Å². The summed E-state index contributed by atoms with van der Waals surface area (Å²) in [7, 11) is -2.06. The second-order valence-electron chi connectivity index (χ2n) is 3.54. The Balaban J connectivity index is 3.17. The number of nitrogens with two attached hydrogens (primary N) is 1. The number of benzene rings is 1. The van der Waals surface area contributed by atoms with Gasteiger partial charge in [0.25, 0.3) is 0 Å². The third-order valence-electron chi connectivity index (χ3n) is 2.46. The molecule has 1 rings (SSSR count). The maximum absolute atomic E-state index is 12.1. The second-order valence-corrected chi connectivity index (χ2v) is 5.91. The molecule has 0 amide bonds. The van der Waals surface area contributed by atoms with Crippen molar-refractivity contribution in [3.63, 3.8) is 0 Å². The maximum Gasteiger partial charge on any atom is 0.244 e. The molecule has 0 aliphatic carbocycles. The summed E-state index contributed by atoms with van der Waals surface area (Å²) in [5.74, 6) is 0. The zero-order chi connectivity index (χ0) is 12.3. The lowest BCUT2D eigenvalue weighted by Crippen LogP contribution is -2.39. The van der Waals surface area contributed by atoms with Crippen molar-refractivity contribution in [3.8, 4) is 0 Å². The fourth-order valence-corrected chi connectivity index (χ4v) is 3.06. The minimum atomic E-state index is -3.56. The summed E-state index contributed by atoms with van der Waals surface area (Å²) >= 11 is 5.86. The van der Waals surface area contributed by atoms with Crippen molar-refractivity contribution in [2.24, 2.45) is 5.73 Å². The highest BCUT2D eigenvalue weighted by molar-refractivity contribution is 7.89. The van der Waals surface area contributed by atoms with Crippen LogP contribution in [0.1, 0.15) is 6.92 Å². The van der Waals surface area contributed by atoms with E-state index in [1.165, 1.54) is 17.4 Å². The SMILES string of the molecule is CC(CN)N(C)S(=O)(=O)c1ccccc1Cl. The zero-order valence-corrected chi connectivity index (χ0v) is 10.8. The number of likely N-dealkylation sites (N-methyl/N-ethyl adjacent to an activating group) is 1. The molecule has 90 valence electrons. The second kappa shape index (κ2) is 5.14. The Bertz CT molecular complexity index is 462. The Morgan fingerprint density at radius 3 is 2.50 bits per heavy atom. The topological polar surface area (TPSA) is 63.4 Å². The number of rotatable bonds is 4. The van der Waals surface area contributed by atoms with Crippen LogP contribution in [0.2, 0.25) is 5.02 Å². The molecule has 0 bridgehead atoms. The Morgan fingerprint density at radius 2 is 2.00 bits per heavy atom. The van der Waals surface area contributed by atoms with Gasteiger partial charge in [0.2, 0.25) is 10.0 Å². The predicted molar refractivity (Wildman–Crippen MR) is 64.9 cm³/mol. The van der Waals surface area contributed by atoms with Gasteiger partial charge in [0.15, 0.2) is 0 Å². The normalized spacial score (nSPS) is 14.1. The Hall–Kier alpha value is -0.620. The molecule has 0 saturated heterocycles. The van der Waals surface area contributed by atoms with E-state index in [0.717, 1.165) is 0 Å². The van der Waals surface area contributed by atoms with Crippen molar-refractivity contribution in [1.82, 2.24) is 4.31 Å². The number of hydrogen-bond donors (Lipinski definition) is 1. The van der Waals surface area contributed by atoms with Crippen LogP contribution in [-0.4, -0.2) is 32.4 Å². The van der Waals surface area contributed by atoms with E-state index in [-0.39, 0.29) is 22.5 Å². The first-order chi connectivity index (χ1) is 7.41. The van der Waals surface area contributed by atoms with Crippen LogP contribution in [0.5, 0.6) is 0 Å². The van der Waals surface area contributed by atoms with Crippen molar-refractivity contribution in [3.05, 3.63) is 29.3 Å². The first kappa shape index (κ1) is 13.4. The quantitative estimate of drug-likeness (QED) is 0.890. The molecule has 4 nitrogen and oxygen atoms in total. The van der Waals surface area contributed by atoms with Gasteiger partial charge in [0.05, 0.1) is 5.02 Å². The van der Waals surface area contributed by atoms with Crippen molar-refractivity contribution in [1.29, 1.82) is 0 Å². The summed E-state index contributed by atoms with van der Waals surface area (Å²) in [5, 5.41) is 0.221. The molecule has 2 N–H and O–H groups in total. The van der Waals surface area contributed by atoms with Crippen LogP contribution >= 0.6 is 11.6 Å². The molecular formula is C10H15ClN2O2S.